The molecule has 1 aliphatic rings. The predicted molar refractivity (Wildman–Crippen MR) is 173 cm³/mol. The molecule has 1 aliphatic heterocycles. The maximum Gasteiger partial charge on any atom is 0.339 e. The predicted octanol–water partition coefficient (Wildman–Crippen LogP) is 9.49. The second kappa shape index (κ2) is 12.3. The molecule has 42 heavy (non-hydrogen) atoms. The second-order valence-electron chi connectivity index (χ2n) is 9.18. The van der Waals surface area contributed by atoms with E-state index >= 15 is 0 Å². The van der Waals surface area contributed by atoms with Crippen molar-refractivity contribution in [1.82, 2.24) is 0 Å². The molecule has 0 aliphatic carbocycles. The summed E-state index contributed by atoms with van der Waals surface area (Å²) in [5.41, 5.74) is 3.32. The highest BCUT2D eigenvalue weighted by Crippen LogP contribution is 2.41. The topological polar surface area (TPSA) is 76.0 Å². The van der Waals surface area contributed by atoms with E-state index in [0.29, 0.717) is 37.1 Å². The lowest BCUT2D eigenvalue weighted by Crippen LogP contribution is -2.28. The van der Waals surface area contributed by atoms with Crippen LogP contribution in [0.25, 0.3) is 6.08 Å². The van der Waals surface area contributed by atoms with Gasteiger partial charge in [0.05, 0.1) is 26.3 Å². The Balaban J connectivity index is 1.52. The Morgan fingerprint density at radius 2 is 1.43 bits per heavy atom. The fourth-order valence-electron chi connectivity index (χ4n) is 3.90. The van der Waals surface area contributed by atoms with E-state index in [-0.39, 0.29) is 26.6 Å². The van der Waals surface area contributed by atoms with Gasteiger partial charge in [-0.3, -0.25) is 9.69 Å². The number of rotatable bonds is 6. The lowest BCUT2D eigenvalue weighted by atomic mass is 10.2. The van der Waals surface area contributed by atoms with E-state index in [1.807, 2.05) is 32.0 Å². The van der Waals surface area contributed by atoms with Gasteiger partial charge in [0.1, 0.15) is 4.90 Å². The molecule has 0 spiro atoms. The van der Waals surface area contributed by atoms with Gasteiger partial charge in [-0.05, 0) is 96.9 Å². The van der Waals surface area contributed by atoms with Crippen molar-refractivity contribution >= 4 is 96.8 Å². The summed E-state index contributed by atoms with van der Waals surface area (Å²) in [5.74, 6) is -0.569. The highest BCUT2D eigenvalue weighted by molar-refractivity contribution is 8.19. The zero-order valence-corrected chi connectivity index (χ0v) is 26.6. The van der Waals surface area contributed by atoms with E-state index in [1.54, 1.807) is 42.5 Å². The fraction of sp³-hybridized carbons (Fsp3) is 0.0667. The van der Waals surface area contributed by atoms with Crippen LogP contribution in [0, 0.1) is 13.8 Å². The Bertz CT molecular complexity index is 1870. The van der Waals surface area contributed by atoms with Crippen LogP contribution in [-0.2, 0) is 14.9 Å². The summed E-state index contributed by atoms with van der Waals surface area (Å²) in [6, 6.07) is 21.2. The number of carbonyl (C=O) groups is 1. The molecule has 1 saturated heterocycles. The van der Waals surface area contributed by atoms with Gasteiger partial charge < -0.3 is 4.18 Å². The van der Waals surface area contributed by atoms with Crippen LogP contribution >= 0.6 is 58.2 Å². The quantitative estimate of drug-likeness (QED) is 0.150. The summed E-state index contributed by atoms with van der Waals surface area (Å²) in [6.07, 6.45) is 1.59. The first-order valence-electron chi connectivity index (χ1n) is 12.3. The number of hydrogen-bond acceptors (Lipinski definition) is 6. The molecule has 0 radical (unpaired) electrons. The van der Waals surface area contributed by atoms with Gasteiger partial charge in [0.2, 0.25) is 0 Å². The summed E-state index contributed by atoms with van der Waals surface area (Å²) >= 11 is 26.7. The van der Waals surface area contributed by atoms with Crippen LogP contribution < -0.4 is 9.08 Å². The van der Waals surface area contributed by atoms with E-state index in [2.05, 4.69) is 0 Å². The summed E-state index contributed by atoms with van der Waals surface area (Å²) in [7, 11) is -4.17. The minimum Gasteiger partial charge on any atom is -0.376 e. The number of hydrogen-bond donors (Lipinski definition) is 0. The molecule has 1 fully saturated rings. The maximum absolute atomic E-state index is 13.7. The van der Waals surface area contributed by atoms with E-state index in [9.17, 15) is 13.2 Å². The van der Waals surface area contributed by atoms with Gasteiger partial charge in [-0.2, -0.15) is 8.42 Å². The van der Waals surface area contributed by atoms with Crippen molar-refractivity contribution < 1.29 is 17.4 Å². The van der Waals surface area contributed by atoms with Crippen molar-refractivity contribution in [2.45, 2.75) is 18.7 Å². The molecule has 1 heterocycles. The summed E-state index contributed by atoms with van der Waals surface area (Å²) in [5, 5.41) is 1.34. The third-order valence-corrected chi connectivity index (χ3v) is 9.72. The Labute approximate surface area is 267 Å². The summed E-state index contributed by atoms with van der Waals surface area (Å²) < 4.78 is 30.7. The average molecular weight is 678 g/mol. The third kappa shape index (κ3) is 6.49. The van der Waals surface area contributed by atoms with Gasteiger partial charge in [-0.25, -0.2) is 4.99 Å². The van der Waals surface area contributed by atoms with Gasteiger partial charge in [0.25, 0.3) is 5.91 Å². The van der Waals surface area contributed by atoms with Gasteiger partial charge in [0, 0.05) is 10.0 Å². The molecule has 0 N–H and O–H groups in total. The smallest absolute Gasteiger partial charge is 0.339 e. The average Bonchev–Trinajstić information content (AvgIpc) is 3.24. The van der Waals surface area contributed by atoms with Crippen molar-refractivity contribution in [2.24, 2.45) is 4.99 Å². The molecule has 6 nitrogen and oxygen atoms in total. The lowest BCUT2D eigenvalue weighted by Gasteiger charge is -2.16. The number of halogens is 4. The summed E-state index contributed by atoms with van der Waals surface area (Å²) in [4.78, 5) is 20.2. The molecule has 5 rings (SSSR count). The van der Waals surface area contributed by atoms with Crippen molar-refractivity contribution in [3.63, 3.8) is 0 Å². The molecule has 214 valence electrons. The molecular formula is C30H20Cl4N2O4S2. The Kier molecular flexibility index (Phi) is 8.94. The fourth-order valence-corrected chi connectivity index (χ4v) is 6.91. The number of amides is 1. The number of benzene rings is 4. The first kappa shape index (κ1) is 30.5. The van der Waals surface area contributed by atoms with Crippen LogP contribution in [0.3, 0.4) is 0 Å². The number of nitrogens with zero attached hydrogens (tertiary/aromatic N) is 2. The number of thioether (sulfide) groups is 1. The van der Waals surface area contributed by atoms with Crippen molar-refractivity contribution in [1.29, 1.82) is 0 Å². The first-order chi connectivity index (χ1) is 19.9. The van der Waals surface area contributed by atoms with Crippen molar-refractivity contribution in [3.05, 3.63) is 121 Å². The van der Waals surface area contributed by atoms with Crippen LogP contribution in [0.5, 0.6) is 5.75 Å². The standard InChI is InChI=1S/C30H20Cl4N2O4S2/c1-17-8-10-20(15-23(17)31)35-30-36(21-11-9-18(2)24(32)16-21)29(37)27(41-30)14-19-12-25(33)28(26(34)13-19)40-42(38,39)22-6-4-3-5-7-22/h3-16H,1-2H3/b27-14+,35-30?. The molecule has 4 aromatic carbocycles. The molecule has 0 saturated carbocycles. The zero-order chi connectivity index (χ0) is 30.2. The number of amidine groups is 1. The molecular weight excluding hydrogens is 658 g/mol. The van der Waals surface area contributed by atoms with Crippen molar-refractivity contribution in [3.8, 4) is 5.75 Å². The summed E-state index contributed by atoms with van der Waals surface area (Å²) in [6.45, 7) is 3.76. The molecule has 0 aromatic heterocycles. The minimum atomic E-state index is -4.17. The SMILES string of the molecule is Cc1ccc(N=C2S/C(=C/c3cc(Cl)c(OS(=O)(=O)c4ccccc4)c(Cl)c3)C(=O)N2c2ccc(C)c(Cl)c2)cc1Cl. The molecule has 1 amide bonds. The van der Waals surface area contributed by atoms with Gasteiger partial charge in [-0.15, -0.1) is 0 Å². The van der Waals surface area contributed by atoms with Gasteiger partial charge in [-0.1, -0.05) is 76.7 Å². The number of aliphatic imine (C=N–C) groups is 1. The van der Waals surface area contributed by atoms with Crippen LogP contribution in [0.4, 0.5) is 11.4 Å². The Morgan fingerprint density at radius 3 is 2.05 bits per heavy atom. The number of aryl methyl sites for hydroxylation is 2. The maximum atomic E-state index is 13.7. The Hall–Kier alpha value is -2.98. The van der Waals surface area contributed by atoms with E-state index < -0.39 is 10.1 Å². The molecule has 4 aromatic rings. The third-order valence-electron chi connectivity index (χ3n) is 6.14. The van der Waals surface area contributed by atoms with Crippen LogP contribution in [-0.4, -0.2) is 19.5 Å². The van der Waals surface area contributed by atoms with Crippen LogP contribution in [0.2, 0.25) is 20.1 Å². The van der Waals surface area contributed by atoms with Crippen LogP contribution in [0.15, 0.2) is 93.7 Å². The van der Waals surface area contributed by atoms with E-state index in [0.717, 1.165) is 22.9 Å². The highest BCUT2D eigenvalue weighted by Gasteiger charge is 2.35. The largest absolute Gasteiger partial charge is 0.376 e. The highest BCUT2D eigenvalue weighted by atomic mass is 35.5. The minimum absolute atomic E-state index is 0.0466. The van der Waals surface area contributed by atoms with E-state index in [1.165, 1.54) is 29.2 Å². The number of carbonyl (C=O) groups excluding carboxylic acids is 1. The van der Waals surface area contributed by atoms with Crippen LogP contribution in [0.1, 0.15) is 16.7 Å². The molecule has 0 atom stereocenters. The van der Waals surface area contributed by atoms with Crippen molar-refractivity contribution in [2.75, 3.05) is 4.90 Å². The second-order valence-corrected chi connectivity index (χ2v) is 13.4. The Morgan fingerprint density at radius 1 is 0.810 bits per heavy atom. The molecule has 0 bridgehead atoms. The molecule has 0 unspecified atom stereocenters. The van der Waals surface area contributed by atoms with Gasteiger partial charge in [0.15, 0.2) is 10.9 Å². The number of anilines is 1. The first-order valence-corrected chi connectivity index (χ1v) is 16.0. The monoisotopic (exact) mass is 676 g/mol. The molecule has 12 heteroatoms. The zero-order valence-electron chi connectivity index (χ0n) is 21.9. The normalized spacial score (nSPS) is 15.6. The van der Waals surface area contributed by atoms with Gasteiger partial charge >= 0.3 is 10.1 Å². The van der Waals surface area contributed by atoms with E-state index in [4.69, 9.17) is 55.6 Å². The lowest BCUT2D eigenvalue weighted by molar-refractivity contribution is -0.113.